The van der Waals surface area contributed by atoms with Crippen LogP contribution in [0.4, 0.5) is 0 Å². The minimum absolute atomic E-state index is 0.276. The summed E-state index contributed by atoms with van der Waals surface area (Å²) in [6.45, 7) is 8.00. The van der Waals surface area contributed by atoms with Crippen LogP contribution in [0.1, 0.15) is 59.8 Å². The van der Waals surface area contributed by atoms with Crippen molar-refractivity contribution in [3.05, 3.63) is 0 Å². The largest absolute Gasteiger partial charge is 0.363 e. The van der Waals surface area contributed by atoms with Gasteiger partial charge in [-0.15, -0.1) is 0 Å². The number of ketones is 1. The summed E-state index contributed by atoms with van der Waals surface area (Å²) in [5, 5.41) is 2.61. The number of hydrogen-bond acceptors (Lipinski definition) is 5. The summed E-state index contributed by atoms with van der Waals surface area (Å²) in [5.41, 5.74) is 10.7. The van der Waals surface area contributed by atoms with E-state index in [-0.39, 0.29) is 5.91 Å². The smallest absolute Gasteiger partial charge is 0.287 e. The van der Waals surface area contributed by atoms with Crippen LogP contribution in [-0.4, -0.2) is 53.1 Å². The molecule has 1 aliphatic rings. The second-order valence-electron chi connectivity index (χ2n) is 7.97. The van der Waals surface area contributed by atoms with Crippen LogP contribution in [-0.2, 0) is 19.2 Å². The Morgan fingerprint density at radius 3 is 2.35 bits per heavy atom. The van der Waals surface area contributed by atoms with Gasteiger partial charge in [-0.25, -0.2) is 0 Å². The van der Waals surface area contributed by atoms with Crippen LogP contribution >= 0.6 is 0 Å². The van der Waals surface area contributed by atoms with E-state index >= 15 is 0 Å². The highest BCUT2D eigenvalue weighted by Crippen LogP contribution is 2.24. The van der Waals surface area contributed by atoms with E-state index in [1.54, 1.807) is 0 Å². The lowest BCUT2D eigenvalue weighted by molar-refractivity contribution is -0.143. The molecule has 1 aliphatic heterocycles. The van der Waals surface area contributed by atoms with Crippen molar-refractivity contribution in [3.63, 3.8) is 0 Å². The van der Waals surface area contributed by atoms with Gasteiger partial charge in [0.1, 0.15) is 6.04 Å². The highest BCUT2D eigenvalue weighted by atomic mass is 16.2. The molecule has 1 rings (SSSR count). The van der Waals surface area contributed by atoms with Crippen LogP contribution in [0.25, 0.3) is 0 Å². The number of Topliss-reactive ketones (excluding diaryl/α,β-unsaturated/α-hetero) is 1. The first kappa shape index (κ1) is 22.1. The second kappa shape index (κ2) is 9.12. The van der Waals surface area contributed by atoms with Crippen molar-refractivity contribution in [2.24, 2.45) is 16.9 Å². The SMILES string of the molecule is CCCC[C@@H](NC(=O)[C@@H]1CCCN1C(=O)[C@@H](N)C(C)(C)C)C(=O)C(N)=O. The molecule has 0 aromatic heterocycles. The number of unbranched alkanes of at least 4 members (excludes halogenated alkanes) is 1. The number of nitrogens with one attached hydrogen (secondary N) is 1. The third kappa shape index (κ3) is 5.52. The number of primary amides is 1. The molecule has 1 fully saturated rings. The molecular formula is C18H32N4O4. The van der Waals surface area contributed by atoms with Crippen LogP contribution < -0.4 is 16.8 Å². The van der Waals surface area contributed by atoms with E-state index in [1.165, 1.54) is 4.90 Å². The van der Waals surface area contributed by atoms with Crippen LogP contribution in [0.3, 0.4) is 0 Å². The average molecular weight is 368 g/mol. The second-order valence-corrected chi connectivity index (χ2v) is 7.97. The van der Waals surface area contributed by atoms with Gasteiger partial charge in [0.05, 0.1) is 12.1 Å². The van der Waals surface area contributed by atoms with Crippen LogP contribution in [0.5, 0.6) is 0 Å². The molecule has 1 saturated heterocycles. The summed E-state index contributed by atoms with van der Waals surface area (Å²) < 4.78 is 0. The number of nitrogens with two attached hydrogens (primary N) is 2. The Labute approximate surface area is 155 Å². The van der Waals surface area contributed by atoms with E-state index in [9.17, 15) is 19.2 Å². The number of carbonyl (C=O) groups excluding carboxylic acids is 4. The quantitative estimate of drug-likeness (QED) is 0.521. The zero-order chi connectivity index (χ0) is 20.1. The zero-order valence-corrected chi connectivity index (χ0v) is 16.2. The van der Waals surface area contributed by atoms with Crippen molar-refractivity contribution >= 4 is 23.5 Å². The van der Waals surface area contributed by atoms with Crippen molar-refractivity contribution in [2.45, 2.75) is 77.9 Å². The van der Waals surface area contributed by atoms with Crippen molar-refractivity contribution in [1.82, 2.24) is 10.2 Å². The van der Waals surface area contributed by atoms with Gasteiger partial charge in [0.25, 0.3) is 5.91 Å². The maximum absolute atomic E-state index is 12.7. The Morgan fingerprint density at radius 1 is 1.23 bits per heavy atom. The molecule has 0 saturated carbocycles. The molecule has 0 aromatic rings. The highest BCUT2D eigenvalue weighted by molar-refractivity contribution is 6.37. The number of rotatable bonds is 8. The van der Waals surface area contributed by atoms with Crippen LogP contribution in [0.2, 0.25) is 0 Å². The molecule has 5 N–H and O–H groups in total. The molecule has 8 nitrogen and oxygen atoms in total. The van der Waals surface area contributed by atoms with E-state index in [1.807, 2.05) is 27.7 Å². The lowest BCUT2D eigenvalue weighted by atomic mass is 9.86. The first-order valence-corrected chi connectivity index (χ1v) is 9.20. The van der Waals surface area contributed by atoms with Crippen molar-refractivity contribution in [3.8, 4) is 0 Å². The monoisotopic (exact) mass is 368 g/mol. The number of nitrogens with zero attached hydrogens (tertiary/aromatic N) is 1. The zero-order valence-electron chi connectivity index (χ0n) is 16.2. The summed E-state index contributed by atoms with van der Waals surface area (Å²) in [6, 6.07) is -2.35. The first-order valence-electron chi connectivity index (χ1n) is 9.20. The Balaban J connectivity index is 2.87. The Hall–Kier alpha value is -1.96. The number of likely N-dealkylation sites (tertiary alicyclic amines) is 1. The van der Waals surface area contributed by atoms with Gasteiger partial charge in [0.2, 0.25) is 17.6 Å². The molecule has 0 unspecified atom stereocenters. The molecule has 26 heavy (non-hydrogen) atoms. The maximum Gasteiger partial charge on any atom is 0.287 e. The predicted molar refractivity (Wildman–Crippen MR) is 97.8 cm³/mol. The molecule has 148 valence electrons. The summed E-state index contributed by atoms with van der Waals surface area (Å²) in [5.74, 6) is -2.59. The molecule has 8 heteroatoms. The van der Waals surface area contributed by atoms with E-state index in [0.29, 0.717) is 32.2 Å². The first-order chi connectivity index (χ1) is 12.0. The van der Waals surface area contributed by atoms with Gasteiger partial charge >= 0.3 is 0 Å². The summed E-state index contributed by atoms with van der Waals surface area (Å²) in [7, 11) is 0. The Morgan fingerprint density at radius 2 is 1.85 bits per heavy atom. The standard InChI is InChI=1S/C18H32N4O4/c1-5-6-8-11(13(23)15(20)24)21-16(25)12-9-7-10-22(12)17(26)14(19)18(2,3)4/h11-12,14H,5-10,19H2,1-4H3,(H2,20,24)(H,21,25)/t11-,12+,14-/m1/s1. The molecule has 0 aliphatic carbocycles. The van der Waals surface area contributed by atoms with Gasteiger partial charge in [-0.2, -0.15) is 0 Å². The molecule has 0 radical (unpaired) electrons. The summed E-state index contributed by atoms with van der Waals surface area (Å²) >= 11 is 0. The number of amides is 3. The lowest BCUT2D eigenvalue weighted by Crippen LogP contribution is -2.57. The van der Waals surface area contributed by atoms with Crippen molar-refractivity contribution < 1.29 is 19.2 Å². The van der Waals surface area contributed by atoms with E-state index < -0.39 is 41.1 Å². The average Bonchev–Trinajstić information content (AvgIpc) is 3.05. The molecule has 1 heterocycles. The number of carbonyl (C=O) groups is 4. The van der Waals surface area contributed by atoms with Gasteiger partial charge in [0.15, 0.2) is 0 Å². The van der Waals surface area contributed by atoms with Gasteiger partial charge in [-0.1, -0.05) is 40.5 Å². The van der Waals surface area contributed by atoms with Crippen LogP contribution in [0, 0.1) is 5.41 Å². The van der Waals surface area contributed by atoms with E-state index in [4.69, 9.17) is 11.5 Å². The van der Waals surface area contributed by atoms with E-state index in [2.05, 4.69) is 5.32 Å². The Kier molecular flexibility index (Phi) is 7.74. The topological polar surface area (TPSA) is 136 Å². The van der Waals surface area contributed by atoms with Crippen molar-refractivity contribution in [1.29, 1.82) is 0 Å². The summed E-state index contributed by atoms with van der Waals surface area (Å²) in [4.78, 5) is 50.0. The van der Waals surface area contributed by atoms with Crippen molar-refractivity contribution in [2.75, 3.05) is 6.54 Å². The molecule has 3 amide bonds. The van der Waals surface area contributed by atoms with Gasteiger partial charge in [-0.3, -0.25) is 19.2 Å². The summed E-state index contributed by atoms with van der Waals surface area (Å²) in [6.07, 6.45) is 3.01. The van der Waals surface area contributed by atoms with E-state index in [0.717, 1.165) is 6.42 Å². The lowest BCUT2D eigenvalue weighted by Gasteiger charge is -2.33. The third-order valence-corrected chi connectivity index (χ3v) is 4.76. The minimum atomic E-state index is -1.07. The third-order valence-electron chi connectivity index (χ3n) is 4.76. The van der Waals surface area contributed by atoms with Gasteiger partial charge < -0.3 is 21.7 Å². The molecule has 0 aromatic carbocycles. The molecule has 0 bridgehead atoms. The van der Waals surface area contributed by atoms with Gasteiger partial charge in [-0.05, 0) is 24.7 Å². The normalized spacial score (nSPS) is 19.7. The Bertz CT molecular complexity index is 556. The fraction of sp³-hybridized carbons (Fsp3) is 0.778. The van der Waals surface area contributed by atoms with Crippen LogP contribution in [0.15, 0.2) is 0 Å². The molecule has 0 spiro atoms. The molecular weight excluding hydrogens is 336 g/mol. The molecule has 3 atom stereocenters. The fourth-order valence-electron chi connectivity index (χ4n) is 2.97. The van der Waals surface area contributed by atoms with Gasteiger partial charge in [0, 0.05) is 6.54 Å². The maximum atomic E-state index is 12.7. The number of hydrogen-bond donors (Lipinski definition) is 3. The minimum Gasteiger partial charge on any atom is -0.363 e. The predicted octanol–water partition coefficient (Wildman–Crippen LogP) is 0.0802. The highest BCUT2D eigenvalue weighted by Gasteiger charge is 2.40. The fourth-order valence-corrected chi connectivity index (χ4v) is 2.97.